The molecular weight excluding hydrogens is 778 g/mol. The van der Waals surface area contributed by atoms with Crippen molar-refractivity contribution >= 4 is 23.6 Å². The Bertz CT molecular complexity index is 1330. The Morgan fingerprint density at radius 1 is 0.644 bits per heavy atom. The molecule has 0 aromatic heterocycles. The van der Waals surface area contributed by atoms with Crippen molar-refractivity contribution in [3.63, 3.8) is 0 Å². The summed E-state index contributed by atoms with van der Waals surface area (Å²) in [6.45, 7) is -0.569. The van der Waals surface area contributed by atoms with E-state index in [1.165, 1.54) is 64.8 Å². The fourth-order valence-electron chi connectivity index (χ4n) is 7.82. The van der Waals surface area contributed by atoms with Crippen LogP contribution in [0, 0.1) is 0 Å². The van der Waals surface area contributed by atoms with Gasteiger partial charge in [-0.15, -0.1) is 0 Å². The number of aliphatic hydroxyl groups excluding tert-OH is 7. The fourth-order valence-corrected chi connectivity index (χ4v) is 7.82. The molecule has 3 aliphatic heterocycles. The van der Waals surface area contributed by atoms with Crippen molar-refractivity contribution in [3.8, 4) is 0 Å². The van der Waals surface area contributed by atoms with Gasteiger partial charge in [0, 0.05) is 20.1 Å². The van der Waals surface area contributed by atoms with Gasteiger partial charge >= 0.3 is 11.9 Å². The second kappa shape index (κ2) is 26.5. The number of rotatable bonds is 30. The molecule has 2 fully saturated rings. The number of nitrogens with zero attached hydrogens (tertiary/aromatic N) is 1. The third-order valence-electron chi connectivity index (χ3n) is 11.5. The molecule has 4 unspecified atom stereocenters. The Morgan fingerprint density at radius 3 is 1.59 bits per heavy atom. The van der Waals surface area contributed by atoms with Gasteiger partial charge in [-0.3, -0.25) is 14.4 Å². The molecule has 0 bridgehead atoms. The van der Waals surface area contributed by atoms with Crippen LogP contribution in [-0.4, -0.2) is 162 Å². The predicted molar refractivity (Wildman–Crippen MR) is 209 cm³/mol. The maximum atomic E-state index is 12.5. The van der Waals surface area contributed by atoms with Crippen LogP contribution in [0.5, 0.6) is 0 Å². The van der Waals surface area contributed by atoms with Crippen LogP contribution in [0.4, 0.5) is 0 Å². The van der Waals surface area contributed by atoms with E-state index in [9.17, 15) is 60.0 Å². The number of aliphatic hydroxyl groups is 7. The minimum absolute atomic E-state index is 0.164. The van der Waals surface area contributed by atoms with E-state index >= 15 is 0 Å². The normalized spacial score (nSPS) is 30.0. The molecule has 1 amide bonds. The zero-order chi connectivity index (χ0) is 43.5. The number of hydrogen-bond donors (Lipinski definition) is 9. The minimum atomic E-state index is -1.84. The molecule has 9 N–H and O–H groups in total. The minimum Gasteiger partial charge on any atom is -0.509 e. The van der Waals surface area contributed by atoms with E-state index in [1.54, 1.807) is 0 Å². The summed E-state index contributed by atoms with van der Waals surface area (Å²) in [4.78, 5) is 48.9. The van der Waals surface area contributed by atoms with E-state index in [4.69, 9.17) is 24.1 Å². The number of amides is 1. The van der Waals surface area contributed by atoms with E-state index in [0.29, 0.717) is 12.8 Å². The van der Waals surface area contributed by atoms with Crippen LogP contribution in [0.3, 0.4) is 0 Å². The van der Waals surface area contributed by atoms with Gasteiger partial charge in [-0.1, -0.05) is 109 Å². The average Bonchev–Trinajstić information content (AvgIpc) is 3.41. The molecule has 0 radical (unpaired) electrons. The summed E-state index contributed by atoms with van der Waals surface area (Å²) in [6.07, 6.45) is 3.29. The van der Waals surface area contributed by atoms with Crippen LogP contribution < -0.4 is 0 Å². The lowest BCUT2D eigenvalue weighted by molar-refractivity contribution is -0.354. The van der Waals surface area contributed by atoms with Gasteiger partial charge in [0.1, 0.15) is 60.1 Å². The monoisotopic (exact) mass is 847 g/mol. The molecule has 18 heteroatoms. The van der Waals surface area contributed by atoms with Crippen LogP contribution in [0.15, 0.2) is 11.3 Å². The summed E-state index contributed by atoms with van der Waals surface area (Å²) < 4.78 is 21.6. The summed E-state index contributed by atoms with van der Waals surface area (Å²) in [5.41, 5.74) is -0.265. The smallest absolute Gasteiger partial charge is 0.335 e. The van der Waals surface area contributed by atoms with E-state index in [-0.39, 0.29) is 18.6 Å². The summed E-state index contributed by atoms with van der Waals surface area (Å²) >= 11 is 0. The van der Waals surface area contributed by atoms with Crippen molar-refractivity contribution in [2.45, 2.75) is 202 Å². The van der Waals surface area contributed by atoms with Gasteiger partial charge in [-0.2, -0.15) is 0 Å². The number of Topliss-reactive ketones (excluding diaryl/α,β-unsaturated/α-hetero) is 1. The molecule has 3 aliphatic rings. The second-order valence-corrected chi connectivity index (χ2v) is 16.1. The number of unbranched alkanes of at least 4 members (excludes halogenated alkanes) is 18. The lowest BCUT2D eigenvalue weighted by Crippen LogP contribution is -2.65. The highest BCUT2D eigenvalue weighted by molar-refractivity contribution is 6.21. The molecular formula is C41H69NO17. The number of hydrogen-bond acceptors (Lipinski definition) is 15. The Morgan fingerprint density at radius 2 is 1.12 bits per heavy atom. The quantitative estimate of drug-likeness (QED) is 0.0370. The first kappa shape index (κ1) is 50.6. The average molecular weight is 848 g/mol. The highest BCUT2D eigenvalue weighted by atomic mass is 16.7. The molecule has 340 valence electrons. The maximum Gasteiger partial charge on any atom is 0.335 e. The van der Waals surface area contributed by atoms with Crippen molar-refractivity contribution in [1.82, 2.24) is 4.90 Å². The molecule has 18 nitrogen and oxygen atoms in total. The Hall–Kier alpha value is -2.78. The molecule has 3 heterocycles. The maximum absolute atomic E-state index is 12.5. The molecule has 3 rings (SSSR count). The molecule has 0 aromatic carbocycles. The Kier molecular flexibility index (Phi) is 22.7. The highest BCUT2D eigenvalue weighted by Crippen LogP contribution is 2.31. The summed E-state index contributed by atoms with van der Waals surface area (Å²) in [5, 5.41) is 89.9. The zero-order valence-corrected chi connectivity index (χ0v) is 34.4. The van der Waals surface area contributed by atoms with E-state index in [2.05, 4.69) is 0 Å². The summed E-state index contributed by atoms with van der Waals surface area (Å²) in [7, 11) is 1.39. The molecule has 0 aliphatic carbocycles. The molecule has 0 spiro atoms. The largest absolute Gasteiger partial charge is 0.509 e. The molecule has 0 saturated carbocycles. The number of carbonyl (C=O) groups excluding carboxylic acids is 2. The summed E-state index contributed by atoms with van der Waals surface area (Å²) in [6, 6.07) is -0.987. The molecule has 59 heavy (non-hydrogen) atoms. The van der Waals surface area contributed by atoms with Crippen LogP contribution in [0.1, 0.15) is 135 Å². The lowest BCUT2D eigenvalue weighted by atomic mass is 9.97. The molecule has 2 saturated heterocycles. The van der Waals surface area contributed by atoms with E-state index in [1.807, 2.05) is 0 Å². The lowest BCUT2D eigenvalue weighted by Gasteiger charge is -2.45. The van der Waals surface area contributed by atoms with Gasteiger partial charge in [0.05, 0.1) is 13.0 Å². The van der Waals surface area contributed by atoms with Gasteiger partial charge in [-0.25, -0.2) is 4.79 Å². The van der Waals surface area contributed by atoms with Crippen molar-refractivity contribution in [1.29, 1.82) is 0 Å². The first-order chi connectivity index (χ1) is 28.2. The molecule has 11 atom stereocenters. The second-order valence-electron chi connectivity index (χ2n) is 16.1. The van der Waals surface area contributed by atoms with Crippen LogP contribution in [-0.2, 0) is 38.1 Å². The van der Waals surface area contributed by atoms with Crippen LogP contribution >= 0.6 is 0 Å². The zero-order valence-electron chi connectivity index (χ0n) is 34.4. The van der Waals surface area contributed by atoms with Gasteiger partial charge in [-0.05, 0) is 12.8 Å². The molecule has 0 aromatic rings. The fraction of sp³-hybridized carbons (Fsp3) is 0.854. The topological polar surface area (TPSA) is 291 Å². The van der Waals surface area contributed by atoms with E-state index < -0.39 is 110 Å². The van der Waals surface area contributed by atoms with Gasteiger partial charge in [0.25, 0.3) is 5.91 Å². The Balaban J connectivity index is 1.11. The first-order valence-electron chi connectivity index (χ1n) is 21.5. The summed E-state index contributed by atoms with van der Waals surface area (Å²) in [5.74, 6) is -4.15. The van der Waals surface area contributed by atoms with Gasteiger partial charge in [0.15, 0.2) is 24.5 Å². The number of ether oxygens (including phenoxy) is 4. The van der Waals surface area contributed by atoms with Crippen molar-refractivity contribution < 1.29 is 84.1 Å². The van der Waals surface area contributed by atoms with Gasteiger partial charge < -0.3 is 69.8 Å². The van der Waals surface area contributed by atoms with Crippen molar-refractivity contribution in [2.24, 2.45) is 0 Å². The van der Waals surface area contributed by atoms with Gasteiger partial charge in [0.2, 0.25) is 0 Å². The standard InChI is InChI=1S/C41H69NO17/c1-42-25(23-28(45)46)30(47)29(38(42)53)26(44)21-19-17-15-13-11-9-7-5-3-2-4-6-8-10-12-14-16-18-20-22-56-40-35(52)33(50)36(37(59-40)39(54)55)58-41-34(51)32(49)31(48)27(24-43)57-41/h25,27,31-37,40-41,43,47-52H,2-24H2,1H3,(H,45,46)(H,54,55)/t25-,27?,31-,32+,33-,34+,35+,36-,37?,40?,41?/m1/s1. The number of carboxylic acid groups (broad SMARTS) is 2. The predicted octanol–water partition coefficient (Wildman–Crippen LogP) is 2.22. The highest BCUT2D eigenvalue weighted by Gasteiger charge is 2.53. The number of likely N-dealkylation sites (N-methyl/N-ethyl adjacent to an activating group) is 1. The number of ketones is 1. The third-order valence-corrected chi connectivity index (χ3v) is 11.5. The number of carbonyl (C=O) groups is 4. The van der Waals surface area contributed by atoms with Crippen LogP contribution in [0.25, 0.3) is 0 Å². The van der Waals surface area contributed by atoms with E-state index in [0.717, 1.165) is 56.3 Å². The number of carboxylic acids is 2. The third kappa shape index (κ3) is 15.6. The van der Waals surface area contributed by atoms with Crippen LogP contribution in [0.2, 0.25) is 0 Å². The van der Waals surface area contributed by atoms with Crippen molar-refractivity contribution in [2.75, 3.05) is 20.3 Å². The SMILES string of the molecule is CN1C(=O)C(C(=O)CCCCCCCCCCCCCCCCCCCCCOC2OC(C(=O)O)[C@H](OC3OC(CO)[C@@H](O)[C@H](O)[C@@H]3O)[C@H](O)[C@@H]2O)=C(O)[C@H]1CC(=O)O. The first-order valence-corrected chi connectivity index (χ1v) is 21.5. The Labute approximate surface area is 346 Å². The van der Waals surface area contributed by atoms with Crippen molar-refractivity contribution in [3.05, 3.63) is 11.3 Å². The number of aliphatic carboxylic acids is 2.